The summed E-state index contributed by atoms with van der Waals surface area (Å²) in [5, 5.41) is 4.95. The van der Waals surface area contributed by atoms with Crippen LogP contribution in [0.5, 0.6) is 0 Å². The largest absolute Gasteiger partial charge is 0.310 e. The smallest absolute Gasteiger partial charge is 0.0714 e. The molecule has 0 saturated heterocycles. The zero-order valence-electron chi connectivity index (χ0n) is 39.9. The first-order valence-corrected chi connectivity index (χ1v) is 24.9. The Labute approximate surface area is 421 Å². The Morgan fingerprint density at radius 3 is 1.86 bits per heavy atom. The Bertz CT molecular complexity index is 3980. The van der Waals surface area contributed by atoms with Gasteiger partial charge < -0.3 is 9.47 Å². The Morgan fingerprint density at radius 2 is 1.04 bits per heavy atom. The Balaban J connectivity index is 0.952. The Kier molecular flexibility index (Phi) is 10.7. The number of allylic oxidation sites excluding steroid dienone is 8. The van der Waals surface area contributed by atoms with Crippen molar-refractivity contribution >= 4 is 44.0 Å². The summed E-state index contributed by atoms with van der Waals surface area (Å²) in [5.41, 5.74) is 19.3. The number of benzene rings is 10. The lowest BCUT2D eigenvalue weighted by molar-refractivity contribution is 0.768. The number of nitrogens with zero attached hydrogens (tertiary/aromatic N) is 2. The van der Waals surface area contributed by atoms with Gasteiger partial charge in [0.05, 0.1) is 22.1 Å². The third-order valence-corrected chi connectivity index (χ3v) is 14.7. The summed E-state index contributed by atoms with van der Waals surface area (Å²) in [5.74, 6) is 0. The van der Waals surface area contributed by atoms with Crippen molar-refractivity contribution in [3.8, 4) is 39.1 Å². The highest BCUT2D eigenvalue weighted by Gasteiger charge is 2.46. The van der Waals surface area contributed by atoms with Crippen molar-refractivity contribution in [2.45, 2.75) is 11.8 Å². The second-order valence-electron chi connectivity index (χ2n) is 18.9. The molecule has 0 atom stereocenters. The van der Waals surface area contributed by atoms with Crippen LogP contribution in [-0.2, 0) is 5.41 Å². The quantitative estimate of drug-likeness (QED) is 0.147. The molecule has 0 amide bonds. The molecular weight excluding hydrogens is 869 g/mol. The van der Waals surface area contributed by atoms with Gasteiger partial charge >= 0.3 is 0 Å². The molecule has 0 unspecified atom stereocenters. The number of fused-ring (bicyclic) bond motifs is 7. The molecule has 2 nitrogen and oxygen atoms in total. The van der Waals surface area contributed by atoms with Crippen molar-refractivity contribution in [1.29, 1.82) is 0 Å². The molecule has 10 aromatic carbocycles. The second kappa shape index (κ2) is 17.9. The Hall–Kier alpha value is -9.24. The summed E-state index contributed by atoms with van der Waals surface area (Å²) in [6.07, 6.45) is 16.0. The van der Waals surface area contributed by atoms with Crippen LogP contribution >= 0.6 is 0 Å². The van der Waals surface area contributed by atoms with E-state index in [1.165, 1.54) is 82.8 Å². The van der Waals surface area contributed by atoms with Crippen molar-refractivity contribution in [2.75, 3.05) is 4.90 Å². The fourth-order valence-corrected chi connectivity index (χ4v) is 11.6. The monoisotopic (exact) mass is 918 g/mol. The maximum atomic E-state index is 4.50. The van der Waals surface area contributed by atoms with E-state index in [0.717, 1.165) is 40.2 Å². The summed E-state index contributed by atoms with van der Waals surface area (Å²) in [4.78, 5) is 2.41. The lowest BCUT2D eigenvalue weighted by Crippen LogP contribution is -2.28. The van der Waals surface area contributed by atoms with Gasteiger partial charge in [0, 0.05) is 33.2 Å². The summed E-state index contributed by atoms with van der Waals surface area (Å²) in [6.45, 7) is 4.50. The maximum Gasteiger partial charge on any atom is 0.0714 e. The normalized spacial score (nSPS) is 15.2. The van der Waals surface area contributed by atoms with E-state index in [4.69, 9.17) is 0 Å². The summed E-state index contributed by atoms with van der Waals surface area (Å²) >= 11 is 0. The molecule has 72 heavy (non-hydrogen) atoms. The van der Waals surface area contributed by atoms with Gasteiger partial charge in [0.1, 0.15) is 0 Å². The van der Waals surface area contributed by atoms with Crippen LogP contribution < -0.4 is 4.90 Å². The van der Waals surface area contributed by atoms with Crippen LogP contribution in [0.3, 0.4) is 0 Å². The molecule has 2 heteroatoms. The molecule has 0 saturated carbocycles. The average molecular weight is 919 g/mol. The van der Waals surface area contributed by atoms with E-state index in [1.807, 2.05) is 0 Å². The molecule has 0 aliphatic heterocycles. The predicted octanol–water partition coefficient (Wildman–Crippen LogP) is 18.3. The summed E-state index contributed by atoms with van der Waals surface area (Å²) < 4.78 is 2.43. The van der Waals surface area contributed by atoms with E-state index < -0.39 is 5.41 Å². The molecule has 2 aliphatic carbocycles. The van der Waals surface area contributed by atoms with Gasteiger partial charge in [-0.1, -0.05) is 219 Å². The molecule has 1 heterocycles. The standard InChI is InChI=1S/C70H50N2/c1-49-22-7-3-2-4-12-32-57(44-49)71(59-41-42-62-61-35-15-17-37-65(61)70(66(62)48-59,55-28-8-5-9-29-55)56-30-10-6-11-31-56)58-33-20-27-53(46-58)51-25-19-26-52(45-51)54-40-43-69-64(47-54)63-36-16-18-38-68(63)72(69)67-39-21-24-50-23-13-14-34-60(50)67/h2-3,5-48H,1,4H2/b3-2-,22-7-,32-12-,57-44?. The number of para-hydroxylation sites is 1. The van der Waals surface area contributed by atoms with Crippen LogP contribution in [-0.4, -0.2) is 4.57 Å². The van der Waals surface area contributed by atoms with Crippen molar-refractivity contribution in [3.05, 3.63) is 319 Å². The first-order valence-electron chi connectivity index (χ1n) is 24.9. The zero-order valence-corrected chi connectivity index (χ0v) is 39.9. The molecule has 0 bridgehead atoms. The molecule has 13 rings (SSSR count). The summed E-state index contributed by atoms with van der Waals surface area (Å²) in [7, 11) is 0. The van der Waals surface area contributed by atoms with Crippen LogP contribution in [0.15, 0.2) is 297 Å². The van der Waals surface area contributed by atoms with Crippen LogP contribution in [0.1, 0.15) is 28.7 Å². The van der Waals surface area contributed by atoms with Crippen LogP contribution in [0.25, 0.3) is 71.6 Å². The maximum absolute atomic E-state index is 4.50. The Morgan fingerprint density at radius 1 is 0.417 bits per heavy atom. The fraction of sp³-hybridized carbons (Fsp3) is 0.0286. The molecule has 0 fully saturated rings. The van der Waals surface area contributed by atoms with Gasteiger partial charge in [0.15, 0.2) is 0 Å². The van der Waals surface area contributed by atoms with Gasteiger partial charge in [0.2, 0.25) is 0 Å². The highest BCUT2D eigenvalue weighted by atomic mass is 15.1. The van der Waals surface area contributed by atoms with Crippen LogP contribution in [0.2, 0.25) is 0 Å². The highest BCUT2D eigenvalue weighted by Crippen LogP contribution is 2.57. The van der Waals surface area contributed by atoms with Crippen molar-refractivity contribution < 1.29 is 0 Å². The third-order valence-electron chi connectivity index (χ3n) is 14.7. The summed E-state index contributed by atoms with van der Waals surface area (Å²) in [6, 6.07) is 87.2. The highest BCUT2D eigenvalue weighted by molar-refractivity contribution is 6.11. The zero-order chi connectivity index (χ0) is 48.0. The van der Waals surface area contributed by atoms with E-state index in [9.17, 15) is 0 Å². The van der Waals surface area contributed by atoms with E-state index >= 15 is 0 Å². The SMILES string of the molecule is C=C1C=C(N(c2cccc(-c3cccc(-c4ccc5c(c4)c4ccccc4n5-c4cccc5ccccc45)c3)c2)c2ccc3c(c2)C(c2ccccc2)(c2ccccc2)c2ccccc2-3)/C=C\C/C=C\C=C/1. The molecule has 2 aliphatic rings. The number of hydrogen-bond donors (Lipinski definition) is 0. The lowest BCUT2D eigenvalue weighted by Gasteiger charge is -2.35. The first-order chi connectivity index (χ1) is 35.6. The average Bonchev–Trinajstić information content (AvgIpc) is 3.93. The molecule has 0 radical (unpaired) electrons. The topological polar surface area (TPSA) is 8.17 Å². The van der Waals surface area contributed by atoms with Gasteiger partial charge in [-0.3, -0.25) is 0 Å². The van der Waals surface area contributed by atoms with Gasteiger partial charge in [0.25, 0.3) is 0 Å². The molecule has 0 N–H and O–H groups in total. The molecule has 1 aromatic heterocycles. The van der Waals surface area contributed by atoms with E-state index in [-0.39, 0.29) is 0 Å². The van der Waals surface area contributed by atoms with E-state index in [1.54, 1.807) is 0 Å². The minimum Gasteiger partial charge on any atom is -0.310 e. The number of hydrogen-bond acceptors (Lipinski definition) is 1. The molecule has 0 spiro atoms. The third kappa shape index (κ3) is 7.19. The van der Waals surface area contributed by atoms with Crippen LogP contribution in [0.4, 0.5) is 11.4 Å². The second-order valence-corrected chi connectivity index (χ2v) is 18.9. The number of aromatic nitrogens is 1. The van der Waals surface area contributed by atoms with E-state index in [0.29, 0.717) is 0 Å². The van der Waals surface area contributed by atoms with Gasteiger partial charge in [-0.25, -0.2) is 0 Å². The fourth-order valence-electron chi connectivity index (χ4n) is 11.6. The van der Waals surface area contributed by atoms with Gasteiger partial charge in [-0.15, -0.1) is 0 Å². The first kappa shape index (κ1) is 42.8. The molecule has 11 aromatic rings. The van der Waals surface area contributed by atoms with E-state index in [2.05, 4.69) is 295 Å². The minimum absolute atomic E-state index is 0.538. The van der Waals surface area contributed by atoms with Gasteiger partial charge in [-0.2, -0.15) is 0 Å². The van der Waals surface area contributed by atoms with Gasteiger partial charge in [-0.05, 0) is 140 Å². The van der Waals surface area contributed by atoms with Crippen LogP contribution in [0, 0.1) is 0 Å². The molecular formula is C70H50N2. The molecule has 340 valence electrons. The van der Waals surface area contributed by atoms with Crippen molar-refractivity contribution in [3.63, 3.8) is 0 Å². The van der Waals surface area contributed by atoms with Crippen molar-refractivity contribution in [2.24, 2.45) is 0 Å². The number of anilines is 2. The van der Waals surface area contributed by atoms with Crippen molar-refractivity contribution in [1.82, 2.24) is 4.57 Å². The lowest BCUT2D eigenvalue weighted by atomic mass is 9.67. The number of rotatable bonds is 8. The predicted molar refractivity (Wildman–Crippen MR) is 304 cm³/mol. The minimum atomic E-state index is -0.538.